The van der Waals surface area contributed by atoms with Crippen LogP contribution in [0.4, 0.5) is 0 Å². The van der Waals surface area contributed by atoms with Crippen LogP contribution in [0.1, 0.15) is 41.2 Å². The fourth-order valence-corrected chi connectivity index (χ4v) is 5.57. The van der Waals surface area contributed by atoms with Crippen LogP contribution in [0.25, 0.3) is 10.9 Å². The van der Waals surface area contributed by atoms with Crippen molar-refractivity contribution < 1.29 is 19.4 Å². The average molecular weight is 502 g/mol. The number of rotatable bonds is 8. The highest BCUT2D eigenvalue weighted by atomic mass is 16.5. The molecule has 2 aliphatic rings. The Balaban J connectivity index is 1.39. The van der Waals surface area contributed by atoms with Crippen LogP contribution in [0.3, 0.4) is 0 Å². The second kappa shape index (κ2) is 10.6. The molecule has 2 saturated heterocycles. The zero-order chi connectivity index (χ0) is 25.9. The highest BCUT2D eigenvalue weighted by molar-refractivity contribution is 6.00. The first-order valence-electron chi connectivity index (χ1n) is 12.6. The average Bonchev–Trinajstić information content (AvgIpc) is 3.66. The predicted octanol–water partition coefficient (Wildman–Crippen LogP) is 2.50. The van der Waals surface area contributed by atoms with E-state index in [-0.39, 0.29) is 23.7 Å². The fourth-order valence-electron chi connectivity index (χ4n) is 5.57. The zero-order valence-electron chi connectivity index (χ0n) is 20.7. The molecule has 4 N–H and O–H groups in total. The minimum atomic E-state index is -1.13. The molecule has 0 bridgehead atoms. The Kier molecular flexibility index (Phi) is 7.12. The van der Waals surface area contributed by atoms with Crippen molar-refractivity contribution in [3.8, 4) is 11.8 Å². The van der Waals surface area contributed by atoms with Gasteiger partial charge >= 0.3 is 0 Å². The number of nitrogens with zero attached hydrogens (tertiary/aromatic N) is 2. The molecule has 2 amide bonds. The monoisotopic (exact) mass is 501 g/mol. The highest BCUT2D eigenvalue weighted by Crippen LogP contribution is 2.35. The molecule has 0 spiro atoms. The molecule has 2 aromatic carbocycles. The summed E-state index contributed by atoms with van der Waals surface area (Å²) in [5, 5.41) is 27.6. The van der Waals surface area contributed by atoms with Crippen molar-refractivity contribution in [2.24, 2.45) is 5.92 Å². The molecular formula is C28H31N5O4. The topological polar surface area (TPSA) is 130 Å². The number of carbonyl (C=O) groups excluding carboxylic acids is 2. The Morgan fingerprint density at radius 3 is 2.78 bits per heavy atom. The van der Waals surface area contributed by atoms with Crippen molar-refractivity contribution in [2.45, 2.75) is 43.5 Å². The molecule has 0 aliphatic carbocycles. The molecule has 5 unspecified atom stereocenters. The van der Waals surface area contributed by atoms with E-state index in [1.54, 1.807) is 18.1 Å². The molecule has 5 atom stereocenters. The van der Waals surface area contributed by atoms with Gasteiger partial charge in [0.05, 0.1) is 25.3 Å². The first kappa shape index (κ1) is 24.8. The summed E-state index contributed by atoms with van der Waals surface area (Å²) in [7, 11) is 1.59. The third-order valence-electron chi connectivity index (χ3n) is 7.53. The number of benzene rings is 2. The van der Waals surface area contributed by atoms with Crippen molar-refractivity contribution in [1.82, 2.24) is 20.5 Å². The van der Waals surface area contributed by atoms with Crippen LogP contribution in [0.15, 0.2) is 54.6 Å². The van der Waals surface area contributed by atoms with Gasteiger partial charge in [0, 0.05) is 35.8 Å². The summed E-state index contributed by atoms with van der Waals surface area (Å²) in [5.74, 6) is 0.150. The maximum Gasteiger partial charge on any atom is 0.270 e. The predicted molar refractivity (Wildman–Crippen MR) is 138 cm³/mol. The third-order valence-corrected chi connectivity index (χ3v) is 7.53. The van der Waals surface area contributed by atoms with Gasteiger partial charge < -0.3 is 25.0 Å². The Labute approximate surface area is 215 Å². The van der Waals surface area contributed by atoms with Crippen molar-refractivity contribution >= 4 is 22.7 Å². The number of aliphatic hydroxyl groups excluding tert-OH is 1. The number of aliphatic hydroxyl groups is 1. The van der Waals surface area contributed by atoms with E-state index in [0.717, 1.165) is 16.5 Å². The molecule has 3 heterocycles. The maximum atomic E-state index is 13.8. The summed E-state index contributed by atoms with van der Waals surface area (Å²) < 4.78 is 5.44. The first-order chi connectivity index (χ1) is 18.0. The van der Waals surface area contributed by atoms with E-state index in [1.807, 2.05) is 48.5 Å². The number of likely N-dealkylation sites (tertiary alicyclic amines) is 1. The van der Waals surface area contributed by atoms with E-state index in [1.165, 1.54) is 0 Å². The molecule has 192 valence electrons. The summed E-state index contributed by atoms with van der Waals surface area (Å²) in [5.41, 5.74) is 2.29. The molecular weight excluding hydrogens is 470 g/mol. The van der Waals surface area contributed by atoms with Crippen LogP contribution in [-0.2, 0) is 4.79 Å². The molecule has 9 heteroatoms. The number of nitriles is 1. The van der Waals surface area contributed by atoms with Gasteiger partial charge in [-0.05, 0) is 43.0 Å². The lowest BCUT2D eigenvalue weighted by molar-refractivity contribution is -0.122. The van der Waals surface area contributed by atoms with Gasteiger partial charge in [-0.2, -0.15) is 5.26 Å². The number of H-pyrrole nitrogens is 1. The molecule has 1 aromatic heterocycles. The van der Waals surface area contributed by atoms with Gasteiger partial charge in [0.15, 0.2) is 0 Å². The van der Waals surface area contributed by atoms with Gasteiger partial charge in [0.1, 0.15) is 17.7 Å². The van der Waals surface area contributed by atoms with E-state index >= 15 is 0 Å². The lowest BCUT2D eigenvalue weighted by atomic mass is 9.95. The van der Waals surface area contributed by atoms with Crippen LogP contribution in [0.2, 0.25) is 0 Å². The normalized spacial score (nSPS) is 23.0. The number of amides is 2. The fraction of sp³-hybridized carbons (Fsp3) is 0.393. The summed E-state index contributed by atoms with van der Waals surface area (Å²) in [6.45, 7) is 1.03. The standard InChI is InChI=1S/C28H31N5O4/c1-37-25-9-5-8-22-21(25)14-23(32-22)28(36)33-16-19(17-6-3-2-4-7-17)13-24(33)27(35)31-20(15-29)12-18-10-11-30-26(18)34/h2-9,14,18-20,24,27,31-32,35H,10-13,16H2,1H3,(H,30,34). The van der Waals surface area contributed by atoms with Crippen LogP contribution < -0.4 is 15.4 Å². The third kappa shape index (κ3) is 5.03. The van der Waals surface area contributed by atoms with Gasteiger partial charge in [-0.1, -0.05) is 36.4 Å². The number of methoxy groups -OCH3 is 1. The van der Waals surface area contributed by atoms with E-state index < -0.39 is 18.3 Å². The number of nitrogens with one attached hydrogen (secondary N) is 3. The highest BCUT2D eigenvalue weighted by Gasteiger charge is 2.41. The van der Waals surface area contributed by atoms with Gasteiger partial charge in [-0.15, -0.1) is 0 Å². The summed E-state index contributed by atoms with van der Waals surface area (Å²) in [6, 6.07) is 18.2. The minimum absolute atomic E-state index is 0.0339. The Morgan fingerprint density at radius 1 is 1.27 bits per heavy atom. The van der Waals surface area contributed by atoms with Crippen molar-refractivity contribution in [1.29, 1.82) is 5.26 Å². The number of hydrogen-bond acceptors (Lipinski definition) is 6. The molecule has 37 heavy (non-hydrogen) atoms. The summed E-state index contributed by atoms with van der Waals surface area (Å²) in [6.07, 6.45) is 0.383. The van der Waals surface area contributed by atoms with Crippen molar-refractivity contribution in [3.05, 3.63) is 65.9 Å². The minimum Gasteiger partial charge on any atom is -0.496 e. The zero-order valence-corrected chi connectivity index (χ0v) is 20.7. The van der Waals surface area contributed by atoms with Gasteiger partial charge in [0.2, 0.25) is 5.91 Å². The Hall–Kier alpha value is -3.87. The molecule has 2 fully saturated rings. The van der Waals surface area contributed by atoms with E-state index in [9.17, 15) is 20.0 Å². The van der Waals surface area contributed by atoms with Gasteiger partial charge in [-0.3, -0.25) is 14.9 Å². The lowest BCUT2D eigenvalue weighted by Gasteiger charge is -2.30. The number of hydrogen-bond donors (Lipinski definition) is 4. The van der Waals surface area contributed by atoms with Crippen LogP contribution in [0.5, 0.6) is 5.75 Å². The molecule has 0 radical (unpaired) electrons. The summed E-state index contributed by atoms with van der Waals surface area (Å²) >= 11 is 0. The second-order valence-corrected chi connectivity index (χ2v) is 9.78. The van der Waals surface area contributed by atoms with E-state index in [2.05, 4.69) is 21.7 Å². The van der Waals surface area contributed by atoms with Crippen molar-refractivity contribution in [2.75, 3.05) is 20.2 Å². The lowest BCUT2D eigenvalue weighted by Crippen LogP contribution is -2.52. The van der Waals surface area contributed by atoms with Crippen molar-refractivity contribution in [3.63, 3.8) is 0 Å². The molecule has 3 aromatic rings. The number of aromatic nitrogens is 1. The summed E-state index contributed by atoms with van der Waals surface area (Å²) in [4.78, 5) is 30.7. The molecule has 5 rings (SSSR count). The second-order valence-electron chi connectivity index (χ2n) is 9.78. The SMILES string of the molecule is COc1cccc2[nH]c(C(=O)N3CC(c4ccccc4)CC3C(O)NC(C#N)CC3CCNC3=O)cc12. The quantitative estimate of drug-likeness (QED) is 0.351. The number of ether oxygens (including phenoxy) is 1. The molecule has 9 nitrogen and oxygen atoms in total. The van der Waals surface area contributed by atoms with E-state index in [4.69, 9.17) is 4.74 Å². The number of carbonyl (C=O) groups is 2. The molecule has 2 aliphatic heterocycles. The van der Waals surface area contributed by atoms with E-state index in [0.29, 0.717) is 43.8 Å². The number of aromatic amines is 1. The number of fused-ring (bicyclic) bond motifs is 1. The van der Waals surface area contributed by atoms with Crippen LogP contribution >= 0.6 is 0 Å². The van der Waals surface area contributed by atoms with Gasteiger partial charge in [-0.25, -0.2) is 0 Å². The van der Waals surface area contributed by atoms with Crippen LogP contribution in [-0.4, -0.2) is 65.3 Å². The van der Waals surface area contributed by atoms with Crippen LogP contribution in [0, 0.1) is 17.2 Å². The largest absolute Gasteiger partial charge is 0.496 e. The smallest absolute Gasteiger partial charge is 0.270 e. The Morgan fingerprint density at radius 2 is 2.08 bits per heavy atom. The Bertz CT molecular complexity index is 1320. The molecule has 0 saturated carbocycles. The maximum absolute atomic E-state index is 13.8. The first-order valence-corrected chi connectivity index (χ1v) is 12.6. The van der Waals surface area contributed by atoms with Gasteiger partial charge in [0.25, 0.3) is 5.91 Å².